The fraction of sp³-hybridized carbons (Fsp3) is 0.222. The van der Waals surface area contributed by atoms with E-state index in [1.165, 1.54) is 12.1 Å². The summed E-state index contributed by atoms with van der Waals surface area (Å²) >= 11 is 24.0. The van der Waals surface area contributed by atoms with Crippen molar-refractivity contribution in [2.75, 3.05) is 23.4 Å². The maximum atomic E-state index is 12.2. The number of carbonyl (C=O) groups excluding carboxylic acids is 2. The molecule has 0 atom stereocenters. The first-order valence-electron chi connectivity index (χ1n) is 8.02. The van der Waals surface area contributed by atoms with Gasteiger partial charge in [0.1, 0.15) is 5.75 Å². The van der Waals surface area contributed by atoms with E-state index in [9.17, 15) is 9.59 Å². The van der Waals surface area contributed by atoms with E-state index >= 15 is 0 Å². The lowest BCUT2D eigenvalue weighted by Gasteiger charge is -2.17. The van der Waals surface area contributed by atoms with Gasteiger partial charge in [-0.15, -0.1) is 0 Å². The van der Waals surface area contributed by atoms with Crippen LogP contribution in [0.1, 0.15) is 12.8 Å². The average molecular weight is 448 g/mol. The van der Waals surface area contributed by atoms with E-state index in [0.717, 1.165) is 6.42 Å². The molecule has 2 amide bonds. The number of rotatable bonds is 5. The molecule has 27 heavy (non-hydrogen) atoms. The van der Waals surface area contributed by atoms with Crippen LogP contribution in [0.15, 0.2) is 30.3 Å². The van der Waals surface area contributed by atoms with Crippen LogP contribution in [-0.2, 0) is 9.59 Å². The number of amides is 2. The first kappa shape index (κ1) is 20.1. The number of nitrogens with zero attached hydrogens (tertiary/aromatic N) is 1. The number of anilines is 2. The van der Waals surface area contributed by atoms with E-state index in [0.29, 0.717) is 34.4 Å². The number of carbonyl (C=O) groups is 2. The Labute approximate surface area is 176 Å². The van der Waals surface area contributed by atoms with Crippen molar-refractivity contribution in [2.45, 2.75) is 12.8 Å². The lowest BCUT2D eigenvalue weighted by Crippen LogP contribution is -2.24. The van der Waals surface area contributed by atoms with Gasteiger partial charge < -0.3 is 15.0 Å². The number of benzene rings is 2. The second-order valence-corrected chi connectivity index (χ2v) is 7.48. The molecule has 9 heteroatoms. The molecular formula is C18H14Cl4N2O3. The van der Waals surface area contributed by atoms with E-state index in [2.05, 4.69) is 5.32 Å². The summed E-state index contributed by atoms with van der Waals surface area (Å²) in [6, 6.07) is 7.91. The van der Waals surface area contributed by atoms with Crippen LogP contribution in [0.25, 0.3) is 0 Å². The van der Waals surface area contributed by atoms with Crippen molar-refractivity contribution in [3.63, 3.8) is 0 Å². The molecule has 2 aromatic carbocycles. The molecule has 0 saturated carbocycles. The number of halogens is 4. The first-order valence-corrected chi connectivity index (χ1v) is 9.53. The van der Waals surface area contributed by atoms with Crippen LogP contribution in [0, 0.1) is 0 Å². The minimum atomic E-state index is -0.441. The molecule has 0 unspecified atom stereocenters. The highest BCUT2D eigenvalue weighted by atomic mass is 35.5. The Bertz CT molecular complexity index is 904. The standard InChI is InChI=1S/C18H14Cl4N2O3/c19-11-4-3-10(24-5-1-2-18(24)26)6-15(11)23-17(25)9-27-16-8-13(21)12(20)7-14(16)22/h3-4,6-8H,1-2,5,9H2,(H,23,25). The third kappa shape index (κ3) is 4.79. The van der Waals surface area contributed by atoms with Gasteiger partial charge in [0.25, 0.3) is 5.91 Å². The fourth-order valence-corrected chi connectivity index (χ4v) is 3.40. The maximum absolute atomic E-state index is 12.2. The summed E-state index contributed by atoms with van der Waals surface area (Å²) in [6.07, 6.45) is 1.32. The molecule has 1 heterocycles. The molecular weight excluding hydrogens is 434 g/mol. The zero-order valence-corrected chi connectivity index (χ0v) is 16.9. The molecule has 1 saturated heterocycles. The smallest absolute Gasteiger partial charge is 0.262 e. The van der Waals surface area contributed by atoms with Crippen LogP contribution < -0.4 is 15.0 Å². The van der Waals surface area contributed by atoms with E-state index < -0.39 is 5.91 Å². The zero-order chi connectivity index (χ0) is 19.6. The fourth-order valence-electron chi connectivity index (χ4n) is 2.64. The predicted molar refractivity (Wildman–Crippen MR) is 109 cm³/mol. The van der Waals surface area contributed by atoms with Gasteiger partial charge in [-0.25, -0.2) is 0 Å². The Morgan fingerprint density at radius 3 is 2.48 bits per heavy atom. The van der Waals surface area contributed by atoms with Gasteiger partial charge in [-0.2, -0.15) is 0 Å². The summed E-state index contributed by atoms with van der Waals surface area (Å²) in [5, 5.41) is 3.82. The third-order valence-corrected chi connectivity index (χ3v) is 5.29. The Hall–Kier alpha value is -1.66. The predicted octanol–water partition coefficient (Wildman–Crippen LogP) is 5.44. The minimum absolute atomic E-state index is 0.0483. The van der Waals surface area contributed by atoms with Crippen molar-refractivity contribution in [3.05, 3.63) is 50.4 Å². The molecule has 2 aromatic rings. The average Bonchev–Trinajstić information content (AvgIpc) is 3.05. The lowest BCUT2D eigenvalue weighted by atomic mass is 10.2. The van der Waals surface area contributed by atoms with Crippen molar-refractivity contribution in [1.29, 1.82) is 0 Å². The number of nitrogens with one attached hydrogen (secondary N) is 1. The summed E-state index contributed by atoms with van der Waals surface area (Å²) in [4.78, 5) is 25.8. The Morgan fingerprint density at radius 1 is 1.04 bits per heavy atom. The lowest BCUT2D eigenvalue weighted by molar-refractivity contribution is -0.118. The van der Waals surface area contributed by atoms with E-state index in [1.54, 1.807) is 23.1 Å². The van der Waals surface area contributed by atoms with E-state index in [4.69, 9.17) is 51.1 Å². The Kier molecular flexibility index (Phi) is 6.37. The van der Waals surface area contributed by atoms with Gasteiger partial charge in [0.2, 0.25) is 5.91 Å². The highest BCUT2D eigenvalue weighted by Gasteiger charge is 2.22. The van der Waals surface area contributed by atoms with Gasteiger partial charge >= 0.3 is 0 Å². The molecule has 0 radical (unpaired) electrons. The van der Waals surface area contributed by atoms with Crippen molar-refractivity contribution in [1.82, 2.24) is 0 Å². The highest BCUT2D eigenvalue weighted by Crippen LogP contribution is 2.34. The molecule has 0 bridgehead atoms. The Morgan fingerprint density at radius 2 is 1.78 bits per heavy atom. The molecule has 1 N–H and O–H groups in total. The van der Waals surface area contributed by atoms with Gasteiger partial charge in [-0.3, -0.25) is 9.59 Å². The van der Waals surface area contributed by atoms with Crippen molar-refractivity contribution in [3.8, 4) is 5.75 Å². The second-order valence-electron chi connectivity index (χ2n) is 5.85. The normalized spacial score (nSPS) is 13.8. The summed E-state index contributed by atoms with van der Waals surface area (Å²) in [6.45, 7) is 0.341. The SMILES string of the molecule is O=C(COc1cc(Cl)c(Cl)cc1Cl)Nc1cc(N2CCCC2=O)ccc1Cl. The summed E-state index contributed by atoms with van der Waals surface area (Å²) in [7, 11) is 0. The van der Waals surface area contributed by atoms with E-state index in [1.807, 2.05) is 0 Å². The van der Waals surface area contributed by atoms with Gasteiger partial charge in [-0.05, 0) is 30.7 Å². The van der Waals surface area contributed by atoms with Crippen molar-refractivity contribution in [2.24, 2.45) is 0 Å². The van der Waals surface area contributed by atoms with Crippen LogP contribution in [0.3, 0.4) is 0 Å². The first-order chi connectivity index (χ1) is 12.8. The van der Waals surface area contributed by atoms with E-state index in [-0.39, 0.29) is 28.3 Å². The summed E-state index contributed by atoms with van der Waals surface area (Å²) in [5.74, 6) is -0.153. The molecule has 0 aromatic heterocycles. The molecule has 1 aliphatic rings. The van der Waals surface area contributed by atoms with Crippen LogP contribution in [0.2, 0.25) is 20.1 Å². The maximum Gasteiger partial charge on any atom is 0.262 e. The summed E-state index contributed by atoms with van der Waals surface area (Å²) < 4.78 is 5.40. The number of ether oxygens (including phenoxy) is 1. The zero-order valence-electron chi connectivity index (χ0n) is 13.9. The largest absolute Gasteiger partial charge is 0.482 e. The van der Waals surface area contributed by atoms with Crippen LogP contribution in [0.5, 0.6) is 5.75 Å². The molecule has 0 spiro atoms. The molecule has 1 fully saturated rings. The third-order valence-electron chi connectivity index (χ3n) is 3.94. The topological polar surface area (TPSA) is 58.6 Å². The second kappa shape index (κ2) is 8.57. The number of hydrogen-bond acceptors (Lipinski definition) is 3. The minimum Gasteiger partial charge on any atom is -0.482 e. The van der Waals surface area contributed by atoms with Gasteiger partial charge in [0.05, 0.1) is 25.8 Å². The molecule has 142 valence electrons. The van der Waals surface area contributed by atoms with Crippen molar-refractivity contribution >= 4 is 69.6 Å². The van der Waals surface area contributed by atoms with Crippen LogP contribution >= 0.6 is 46.4 Å². The molecule has 1 aliphatic heterocycles. The molecule has 0 aliphatic carbocycles. The van der Waals surface area contributed by atoms with Crippen LogP contribution in [-0.4, -0.2) is 25.0 Å². The summed E-state index contributed by atoms with van der Waals surface area (Å²) in [5.41, 5.74) is 1.08. The van der Waals surface area contributed by atoms with Crippen LogP contribution in [0.4, 0.5) is 11.4 Å². The molecule has 3 rings (SSSR count). The Balaban J connectivity index is 1.67. The van der Waals surface area contributed by atoms with Gasteiger partial charge in [0, 0.05) is 24.7 Å². The quantitative estimate of drug-likeness (QED) is 0.620. The highest BCUT2D eigenvalue weighted by molar-refractivity contribution is 6.43. The monoisotopic (exact) mass is 446 g/mol. The number of hydrogen-bond donors (Lipinski definition) is 1. The van der Waals surface area contributed by atoms with Gasteiger partial charge in [-0.1, -0.05) is 46.4 Å². The van der Waals surface area contributed by atoms with Crippen molar-refractivity contribution < 1.29 is 14.3 Å². The van der Waals surface area contributed by atoms with Gasteiger partial charge in [0.15, 0.2) is 6.61 Å². The molecule has 5 nitrogen and oxygen atoms in total.